The van der Waals surface area contributed by atoms with E-state index in [2.05, 4.69) is 5.32 Å². The fraction of sp³-hybridized carbons (Fsp3) is 0.500. The van der Waals surface area contributed by atoms with Gasteiger partial charge in [-0.25, -0.2) is 0 Å². The standard InChI is InChI=1S/C14H18F3NO2S/c1-9(12(8-19)21-2)18-13(20)7-10-5-3-4-6-11(10)14(15,16)17/h3-6,9,12,19H,7-8H2,1-2H3,(H,18,20)/t9-,12-/m1/s1. The van der Waals surface area contributed by atoms with Gasteiger partial charge in [0.2, 0.25) is 5.91 Å². The summed E-state index contributed by atoms with van der Waals surface area (Å²) in [5, 5.41) is 11.6. The van der Waals surface area contributed by atoms with Gasteiger partial charge in [-0.1, -0.05) is 18.2 Å². The summed E-state index contributed by atoms with van der Waals surface area (Å²) >= 11 is 1.39. The van der Waals surface area contributed by atoms with E-state index in [1.165, 1.54) is 30.0 Å². The van der Waals surface area contributed by atoms with Gasteiger partial charge in [0.1, 0.15) is 0 Å². The van der Waals surface area contributed by atoms with Gasteiger partial charge in [0.25, 0.3) is 0 Å². The number of benzene rings is 1. The Labute approximate surface area is 125 Å². The molecule has 2 atom stereocenters. The first-order valence-electron chi connectivity index (χ1n) is 6.37. The van der Waals surface area contributed by atoms with Crippen molar-refractivity contribution in [3.05, 3.63) is 35.4 Å². The first kappa shape index (κ1) is 17.8. The smallest absolute Gasteiger partial charge is 0.395 e. The summed E-state index contributed by atoms with van der Waals surface area (Å²) in [5.41, 5.74) is -0.851. The molecule has 1 aromatic carbocycles. The van der Waals surface area contributed by atoms with Crippen molar-refractivity contribution in [2.75, 3.05) is 12.9 Å². The monoisotopic (exact) mass is 321 g/mol. The summed E-state index contributed by atoms with van der Waals surface area (Å²) in [6.45, 7) is 1.60. The molecule has 0 bridgehead atoms. The second kappa shape index (κ2) is 7.70. The van der Waals surface area contributed by atoms with Gasteiger partial charge in [-0.05, 0) is 24.8 Å². The zero-order valence-corrected chi connectivity index (χ0v) is 12.6. The highest BCUT2D eigenvalue weighted by Crippen LogP contribution is 2.32. The zero-order chi connectivity index (χ0) is 16.0. The van der Waals surface area contributed by atoms with Crippen molar-refractivity contribution >= 4 is 17.7 Å². The topological polar surface area (TPSA) is 49.3 Å². The molecule has 21 heavy (non-hydrogen) atoms. The molecule has 0 saturated heterocycles. The van der Waals surface area contributed by atoms with Crippen LogP contribution in [-0.2, 0) is 17.4 Å². The summed E-state index contributed by atoms with van der Waals surface area (Å²) in [4.78, 5) is 11.9. The number of thioether (sulfide) groups is 1. The third-order valence-corrected chi connectivity index (χ3v) is 4.27. The van der Waals surface area contributed by atoms with Gasteiger partial charge in [0, 0.05) is 11.3 Å². The lowest BCUT2D eigenvalue weighted by molar-refractivity contribution is -0.138. The summed E-state index contributed by atoms with van der Waals surface area (Å²) in [5.74, 6) is -0.494. The fourth-order valence-corrected chi connectivity index (χ4v) is 2.58. The Hall–Kier alpha value is -1.21. The third-order valence-electron chi connectivity index (χ3n) is 3.10. The van der Waals surface area contributed by atoms with Gasteiger partial charge < -0.3 is 10.4 Å². The molecule has 2 N–H and O–H groups in total. The molecule has 7 heteroatoms. The van der Waals surface area contributed by atoms with Crippen molar-refractivity contribution in [2.24, 2.45) is 0 Å². The number of aliphatic hydroxyl groups excluding tert-OH is 1. The molecule has 1 rings (SSSR count). The van der Waals surface area contributed by atoms with Crippen LogP contribution in [0.25, 0.3) is 0 Å². The number of hydrogen-bond donors (Lipinski definition) is 2. The number of halogens is 3. The highest BCUT2D eigenvalue weighted by atomic mass is 32.2. The van der Waals surface area contributed by atoms with Crippen molar-refractivity contribution in [1.29, 1.82) is 0 Å². The minimum atomic E-state index is -4.48. The quantitative estimate of drug-likeness (QED) is 0.846. The predicted octanol–water partition coefficient (Wildman–Crippen LogP) is 2.48. The minimum Gasteiger partial charge on any atom is -0.395 e. The molecule has 0 unspecified atom stereocenters. The van der Waals surface area contributed by atoms with Crippen LogP contribution in [0, 0.1) is 0 Å². The zero-order valence-electron chi connectivity index (χ0n) is 11.8. The van der Waals surface area contributed by atoms with Gasteiger partial charge in [-0.2, -0.15) is 24.9 Å². The second-order valence-electron chi connectivity index (χ2n) is 4.64. The van der Waals surface area contributed by atoms with Crippen molar-refractivity contribution < 1.29 is 23.1 Å². The lowest BCUT2D eigenvalue weighted by Gasteiger charge is -2.21. The Kier molecular flexibility index (Phi) is 6.54. The van der Waals surface area contributed by atoms with Crippen LogP contribution in [0.3, 0.4) is 0 Å². The van der Waals surface area contributed by atoms with Gasteiger partial charge in [0.15, 0.2) is 0 Å². The Morgan fingerprint density at radius 3 is 2.52 bits per heavy atom. The van der Waals surface area contributed by atoms with Gasteiger partial charge >= 0.3 is 6.18 Å². The van der Waals surface area contributed by atoms with E-state index in [-0.39, 0.29) is 29.9 Å². The Morgan fingerprint density at radius 2 is 2.00 bits per heavy atom. The van der Waals surface area contributed by atoms with Crippen molar-refractivity contribution in [3.8, 4) is 0 Å². The van der Waals surface area contributed by atoms with E-state index in [1.807, 2.05) is 0 Å². The molecule has 0 radical (unpaired) electrons. The lowest BCUT2D eigenvalue weighted by Crippen LogP contribution is -2.42. The molecular formula is C14H18F3NO2S. The Morgan fingerprint density at radius 1 is 1.38 bits per heavy atom. The van der Waals surface area contributed by atoms with Crippen molar-refractivity contribution in [1.82, 2.24) is 5.32 Å². The van der Waals surface area contributed by atoms with Crippen molar-refractivity contribution in [3.63, 3.8) is 0 Å². The Bertz CT molecular complexity index is 476. The average Bonchev–Trinajstić information content (AvgIpc) is 2.39. The number of aliphatic hydroxyl groups is 1. The van der Waals surface area contributed by atoms with Crippen LogP contribution in [0.2, 0.25) is 0 Å². The van der Waals surface area contributed by atoms with E-state index in [9.17, 15) is 18.0 Å². The molecule has 1 amide bonds. The summed E-state index contributed by atoms with van der Waals surface area (Å²) < 4.78 is 38.5. The highest BCUT2D eigenvalue weighted by molar-refractivity contribution is 7.99. The number of nitrogens with one attached hydrogen (secondary N) is 1. The van der Waals surface area contributed by atoms with E-state index < -0.39 is 17.6 Å². The number of hydrogen-bond acceptors (Lipinski definition) is 3. The molecule has 0 fully saturated rings. The van der Waals surface area contributed by atoms with E-state index in [4.69, 9.17) is 5.11 Å². The van der Waals surface area contributed by atoms with Crippen LogP contribution in [0.1, 0.15) is 18.1 Å². The van der Waals surface area contributed by atoms with Crippen LogP contribution < -0.4 is 5.32 Å². The molecule has 118 valence electrons. The molecule has 0 heterocycles. The lowest BCUT2D eigenvalue weighted by atomic mass is 10.0. The van der Waals surface area contributed by atoms with Crippen LogP contribution in [0.4, 0.5) is 13.2 Å². The maximum Gasteiger partial charge on any atom is 0.416 e. The summed E-state index contributed by atoms with van der Waals surface area (Å²) in [7, 11) is 0. The number of rotatable bonds is 6. The number of amides is 1. The van der Waals surface area contributed by atoms with Crippen LogP contribution in [0.15, 0.2) is 24.3 Å². The van der Waals surface area contributed by atoms with Gasteiger partial charge in [-0.3, -0.25) is 4.79 Å². The molecule has 0 aliphatic carbocycles. The largest absolute Gasteiger partial charge is 0.416 e. The molecule has 3 nitrogen and oxygen atoms in total. The minimum absolute atomic E-state index is 0.0561. The number of alkyl halides is 3. The molecule has 0 saturated carbocycles. The van der Waals surface area contributed by atoms with E-state index in [0.717, 1.165) is 6.07 Å². The maximum atomic E-state index is 12.8. The first-order chi connectivity index (χ1) is 9.79. The number of carbonyl (C=O) groups excluding carboxylic acids is 1. The van der Waals surface area contributed by atoms with Gasteiger partial charge in [-0.15, -0.1) is 0 Å². The fourth-order valence-electron chi connectivity index (χ4n) is 1.96. The first-order valence-corrected chi connectivity index (χ1v) is 7.66. The highest BCUT2D eigenvalue weighted by Gasteiger charge is 2.33. The summed E-state index contributed by atoms with van der Waals surface area (Å²) in [6.07, 6.45) is -3.02. The SMILES string of the molecule is CS[C@H](CO)[C@@H](C)NC(=O)Cc1ccccc1C(F)(F)F. The normalized spacial score (nSPS) is 14.6. The predicted molar refractivity (Wildman–Crippen MR) is 77.1 cm³/mol. The second-order valence-corrected chi connectivity index (χ2v) is 5.72. The molecule has 0 aliphatic rings. The van der Waals surface area contributed by atoms with Crippen LogP contribution in [-0.4, -0.2) is 35.2 Å². The van der Waals surface area contributed by atoms with E-state index >= 15 is 0 Å². The summed E-state index contributed by atoms with van der Waals surface area (Å²) in [6, 6.07) is 4.70. The Balaban J connectivity index is 2.76. The molecule has 1 aromatic rings. The third kappa shape index (κ3) is 5.24. The van der Waals surface area contributed by atoms with Crippen LogP contribution in [0.5, 0.6) is 0 Å². The van der Waals surface area contributed by atoms with Gasteiger partial charge in [0.05, 0.1) is 18.6 Å². The molecule has 0 aromatic heterocycles. The van der Waals surface area contributed by atoms with Crippen LogP contribution >= 0.6 is 11.8 Å². The van der Waals surface area contributed by atoms with E-state index in [1.54, 1.807) is 13.2 Å². The number of carbonyl (C=O) groups is 1. The molecular weight excluding hydrogens is 303 g/mol. The van der Waals surface area contributed by atoms with E-state index in [0.29, 0.717) is 0 Å². The molecule has 0 spiro atoms. The van der Waals surface area contributed by atoms with Crippen molar-refractivity contribution in [2.45, 2.75) is 30.8 Å². The maximum absolute atomic E-state index is 12.8. The average molecular weight is 321 g/mol. The molecule has 0 aliphatic heterocycles.